The first kappa shape index (κ1) is 12.1. The Morgan fingerprint density at radius 2 is 2.05 bits per heavy atom. The third kappa shape index (κ3) is 1.79. The van der Waals surface area contributed by atoms with E-state index in [1.807, 2.05) is 12.3 Å². The molecule has 0 atom stereocenters. The summed E-state index contributed by atoms with van der Waals surface area (Å²) in [4.78, 5) is 3.14. The second-order valence-electron chi connectivity index (χ2n) is 5.41. The van der Waals surface area contributed by atoms with Gasteiger partial charge in [0.15, 0.2) is 5.79 Å². The predicted molar refractivity (Wildman–Crippen MR) is 74.7 cm³/mol. The van der Waals surface area contributed by atoms with Crippen LogP contribution in [-0.2, 0) is 9.47 Å². The number of fused-ring (bicyclic) bond motifs is 1. The summed E-state index contributed by atoms with van der Waals surface area (Å²) in [5, 5.41) is 0.683. The minimum atomic E-state index is -0.422. The van der Waals surface area contributed by atoms with Gasteiger partial charge in [0.1, 0.15) is 5.82 Å². The van der Waals surface area contributed by atoms with E-state index >= 15 is 0 Å². The van der Waals surface area contributed by atoms with Crippen LogP contribution in [0.4, 0.5) is 4.39 Å². The van der Waals surface area contributed by atoms with E-state index in [0.29, 0.717) is 18.6 Å². The molecular weight excluding hydrogens is 257 g/mol. The van der Waals surface area contributed by atoms with Gasteiger partial charge in [-0.2, -0.15) is 0 Å². The highest BCUT2D eigenvalue weighted by molar-refractivity contribution is 5.93. The van der Waals surface area contributed by atoms with Crippen LogP contribution in [0.5, 0.6) is 0 Å². The lowest BCUT2D eigenvalue weighted by atomic mass is 9.89. The number of aromatic nitrogens is 1. The van der Waals surface area contributed by atoms with Gasteiger partial charge in [0.05, 0.1) is 13.2 Å². The smallest absolute Gasteiger partial charge is 0.172 e. The van der Waals surface area contributed by atoms with Crippen molar-refractivity contribution in [3.8, 4) is 0 Å². The van der Waals surface area contributed by atoms with E-state index in [0.717, 1.165) is 30.3 Å². The van der Waals surface area contributed by atoms with E-state index in [1.54, 1.807) is 6.07 Å². The van der Waals surface area contributed by atoms with Crippen molar-refractivity contribution in [2.24, 2.45) is 0 Å². The standard InChI is InChI=1S/C16H16FNO2/c17-13-2-1-3-14-15(13)12(10-18-14)11-4-6-16(7-5-11)19-8-9-20-16/h1-4,10,18H,5-9H2. The van der Waals surface area contributed by atoms with Gasteiger partial charge in [0, 0.05) is 35.5 Å². The lowest BCUT2D eigenvalue weighted by molar-refractivity contribution is -0.159. The molecule has 1 aliphatic carbocycles. The molecule has 104 valence electrons. The fraction of sp³-hybridized carbons (Fsp3) is 0.375. The van der Waals surface area contributed by atoms with Crippen molar-refractivity contribution in [3.63, 3.8) is 0 Å². The largest absolute Gasteiger partial charge is 0.360 e. The van der Waals surface area contributed by atoms with Crippen molar-refractivity contribution < 1.29 is 13.9 Å². The second-order valence-corrected chi connectivity index (χ2v) is 5.41. The number of hydrogen-bond acceptors (Lipinski definition) is 2. The first-order valence-corrected chi connectivity index (χ1v) is 7.00. The highest BCUT2D eigenvalue weighted by atomic mass is 19.1. The third-order valence-electron chi connectivity index (χ3n) is 4.25. The van der Waals surface area contributed by atoms with E-state index in [1.165, 1.54) is 11.6 Å². The molecule has 0 saturated carbocycles. The minimum absolute atomic E-state index is 0.173. The number of allylic oxidation sites excluding steroid dienone is 1. The number of aromatic amines is 1. The summed E-state index contributed by atoms with van der Waals surface area (Å²) in [6.45, 7) is 1.34. The molecule has 4 heteroatoms. The molecule has 1 aliphatic heterocycles. The molecular formula is C16H16FNO2. The third-order valence-corrected chi connectivity index (χ3v) is 4.25. The summed E-state index contributed by atoms with van der Waals surface area (Å²) >= 11 is 0. The molecule has 2 aromatic rings. The van der Waals surface area contributed by atoms with Gasteiger partial charge in [-0.15, -0.1) is 0 Å². The van der Waals surface area contributed by atoms with Crippen LogP contribution in [0.2, 0.25) is 0 Å². The van der Waals surface area contributed by atoms with Gasteiger partial charge in [-0.25, -0.2) is 4.39 Å². The highest BCUT2D eigenvalue weighted by Crippen LogP contribution is 2.40. The molecule has 0 unspecified atom stereocenters. The first-order chi connectivity index (χ1) is 9.77. The molecule has 0 amide bonds. The predicted octanol–water partition coefficient (Wildman–Crippen LogP) is 3.62. The molecule has 2 heterocycles. The fourth-order valence-corrected chi connectivity index (χ4v) is 3.21. The summed E-state index contributed by atoms with van der Waals surface area (Å²) in [6, 6.07) is 5.13. The quantitative estimate of drug-likeness (QED) is 0.861. The summed E-state index contributed by atoms with van der Waals surface area (Å²) in [7, 11) is 0. The van der Waals surface area contributed by atoms with Crippen LogP contribution in [0.15, 0.2) is 30.5 Å². The Hall–Kier alpha value is -1.65. The molecule has 1 spiro atoms. The lowest BCUT2D eigenvalue weighted by Gasteiger charge is -2.30. The number of ether oxygens (including phenoxy) is 2. The Balaban J connectivity index is 1.72. The van der Waals surface area contributed by atoms with Crippen LogP contribution >= 0.6 is 0 Å². The number of benzene rings is 1. The van der Waals surface area contributed by atoms with Gasteiger partial charge in [0.2, 0.25) is 0 Å². The number of hydrogen-bond donors (Lipinski definition) is 1. The number of halogens is 1. The number of nitrogens with one attached hydrogen (secondary N) is 1. The van der Waals surface area contributed by atoms with Crippen LogP contribution in [0, 0.1) is 5.82 Å². The molecule has 20 heavy (non-hydrogen) atoms. The molecule has 1 aromatic carbocycles. The summed E-state index contributed by atoms with van der Waals surface area (Å²) in [6.07, 6.45) is 6.45. The Bertz CT molecular complexity index is 683. The normalized spacial score (nSPS) is 21.6. The second kappa shape index (κ2) is 4.43. The zero-order valence-corrected chi connectivity index (χ0v) is 11.1. The van der Waals surface area contributed by atoms with Crippen molar-refractivity contribution >= 4 is 16.5 Å². The molecule has 1 aromatic heterocycles. The van der Waals surface area contributed by atoms with Crippen LogP contribution in [0.3, 0.4) is 0 Å². The summed E-state index contributed by atoms with van der Waals surface area (Å²) in [5.41, 5.74) is 2.98. The van der Waals surface area contributed by atoms with Gasteiger partial charge >= 0.3 is 0 Å². The van der Waals surface area contributed by atoms with Gasteiger partial charge < -0.3 is 14.5 Å². The summed E-state index contributed by atoms with van der Waals surface area (Å²) in [5.74, 6) is -0.595. The van der Waals surface area contributed by atoms with Crippen LogP contribution in [0.1, 0.15) is 24.8 Å². The molecule has 1 N–H and O–H groups in total. The highest BCUT2D eigenvalue weighted by Gasteiger charge is 2.37. The molecule has 3 nitrogen and oxygen atoms in total. The SMILES string of the molecule is Fc1cccc2[nH]cc(C3=CCC4(CC3)OCCO4)c12. The van der Waals surface area contributed by atoms with E-state index in [2.05, 4.69) is 11.1 Å². The average molecular weight is 273 g/mol. The van der Waals surface area contributed by atoms with Gasteiger partial charge in [-0.1, -0.05) is 12.1 Å². The van der Waals surface area contributed by atoms with Crippen LogP contribution in [-0.4, -0.2) is 24.0 Å². The molecule has 0 bridgehead atoms. The van der Waals surface area contributed by atoms with E-state index < -0.39 is 5.79 Å². The van der Waals surface area contributed by atoms with Crippen molar-refractivity contribution in [1.82, 2.24) is 4.98 Å². The zero-order valence-electron chi connectivity index (χ0n) is 11.1. The average Bonchev–Trinajstić information content (AvgIpc) is 3.08. The van der Waals surface area contributed by atoms with Gasteiger partial charge in [0.25, 0.3) is 0 Å². The van der Waals surface area contributed by atoms with E-state index in [-0.39, 0.29) is 5.82 Å². The maximum atomic E-state index is 14.0. The van der Waals surface area contributed by atoms with Crippen LogP contribution in [0.25, 0.3) is 16.5 Å². The molecule has 1 saturated heterocycles. The van der Waals surface area contributed by atoms with Crippen molar-refractivity contribution in [1.29, 1.82) is 0 Å². The zero-order chi connectivity index (χ0) is 13.6. The van der Waals surface area contributed by atoms with Gasteiger partial charge in [-0.05, 0) is 24.1 Å². The Morgan fingerprint density at radius 3 is 2.80 bits per heavy atom. The fourth-order valence-electron chi connectivity index (χ4n) is 3.21. The Morgan fingerprint density at radius 1 is 1.20 bits per heavy atom. The topological polar surface area (TPSA) is 34.2 Å². The number of rotatable bonds is 1. The molecule has 2 aliphatic rings. The first-order valence-electron chi connectivity index (χ1n) is 7.00. The number of H-pyrrole nitrogens is 1. The monoisotopic (exact) mass is 273 g/mol. The van der Waals surface area contributed by atoms with E-state index in [4.69, 9.17) is 9.47 Å². The lowest BCUT2D eigenvalue weighted by Crippen LogP contribution is -2.31. The van der Waals surface area contributed by atoms with E-state index in [9.17, 15) is 4.39 Å². The maximum Gasteiger partial charge on any atom is 0.172 e. The van der Waals surface area contributed by atoms with Gasteiger partial charge in [-0.3, -0.25) is 0 Å². The van der Waals surface area contributed by atoms with Crippen molar-refractivity contribution in [2.45, 2.75) is 25.0 Å². The molecule has 1 fully saturated rings. The van der Waals surface area contributed by atoms with Crippen molar-refractivity contribution in [3.05, 3.63) is 41.9 Å². The Labute approximate surface area is 116 Å². The summed E-state index contributed by atoms with van der Waals surface area (Å²) < 4.78 is 25.5. The molecule has 0 radical (unpaired) electrons. The maximum absolute atomic E-state index is 14.0. The van der Waals surface area contributed by atoms with Crippen molar-refractivity contribution in [2.75, 3.05) is 13.2 Å². The molecule has 4 rings (SSSR count). The van der Waals surface area contributed by atoms with Crippen LogP contribution < -0.4 is 0 Å². The minimum Gasteiger partial charge on any atom is -0.360 e. The Kier molecular flexibility index (Phi) is 2.69.